The van der Waals surface area contributed by atoms with Crippen molar-refractivity contribution in [3.8, 4) is 0 Å². The molecule has 6 heteroatoms. The van der Waals surface area contributed by atoms with Gasteiger partial charge >= 0.3 is 0 Å². The van der Waals surface area contributed by atoms with Crippen molar-refractivity contribution in [3.05, 3.63) is 29.5 Å². The highest BCUT2D eigenvalue weighted by Crippen LogP contribution is 2.11. The van der Waals surface area contributed by atoms with Crippen molar-refractivity contribution in [2.75, 3.05) is 5.32 Å². The lowest BCUT2D eigenvalue weighted by Crippen LogP contribution is -2.10. The molecule has 78 valence electrons. The van der Waals surface area contributed by atoms with Gasteiger partial charge in [0.25, 0.3) is 5.91 Å². The quantitative estimate of drug-likeness (QED) is 0.858. The van der Waals surface area contributed by atoms with Gasteiger partial charge in [-0.05, 0) is 6.92 Å². The van der Waals surface area contributed by atoms with Crippen molar-refractivity contribution in [2.45, 2.75) is 13.5 Å². The number of carbonyl (C=O) groups excluding carboxylic acids is 1. The zero-order valence-electron chi connectivity index (χ0n) is 8.17. The van der Waals surface area contributed by atoms with E-state index in [9.17, 15) is 4.79 Å². The Morgan fingerprint density at radius 2 is 2.53 bits per heavy atom. The molecule has 5 nitrogen and oxygen atoms in total. The third-order valence-corrected chi connectivity index (χ3v) is 2.56. The molecule has 1 N–H and O–H groups in total. The van der Waals surface area contributed by atoms with E-state index < -0.39 is 0 Å². The zero-order chi connectivity index (χ0) is 10.7. The standard InChI is InChI=1S/C9H10N4OS/c1-2-13-6-7(5-11-13)8(14)12-9-10-3-4-15-9/h3-6H,2H2,1H3,(H,10,12,14). The first-order valence-corrected chi connectivity index (χ1v) is 5.41. The number of aromatic nitrogens is 3. The van der Waals surface area contributed by atoms with E-state index in [4.69, 9.17) is 0 Å². The summed E-state index contributed by atoms with van der Waals surface area (Å²) in [4.78, 5) is 15.6. The largest absolute Gasteiger partial charge is 0.298 e. The van der Waals surface area contributed by atoms with Gasteiger partial charge < -0.3 is 0 Å². The average molecular weight is 222 g/mol. The van der Waals surface area contributed by atoms with Gasteiger partial charge in [-0.3, -0.25) is 14.8 Å². The Morgan fingerprint density at radius 3 is 3.13 bits per heavy atom. The fourth-order valence-electron chi connectivity index (χ4n) is 1.11. The third kappa shape index (κ3) is 2.21. The van der Waals surface area contributed by atoms with Gasteiger partial charge in [-0.1, -0.05) is 0 Å². The first-order chi connectivity index (χ1) is 7.29. The van der Waals surface area contributed by atoms with Gasteiger partial charge in [0.1, 0.15) is 0 Å². The van der Waals surface area contributed by atoms with Gasteiger partial charge in [0.15, 0.2) is 5.13 Å². The number of aryl methyl sites for hydroxylation is 1. The molecule has 1 amide bonds. The van der Waals surface area contributed by atoms with E-state index in [-0.39, 0.29) is 5.91 Å². The van der Waals surface area contributed by atoms with Gasteiger partial charge in [-0.25, -0.2) is 4.98 Å². The van der Waals surface area contributed by atoms with Crippen LogP contribution in [-0.4, -0.2) is 20.7 Å². The molecular formula is C9H10N4OS. The van der Waals surface area contributed by atoms with Crippen LogP contribution in [0.15, 0.2) is 24.0 Å². The van der Waals surface area contributed by atoms with E-state index in [0.717, 1.165) is 6.54 Å². The number of anilines is 1. The fraction of sp³-hybridized carbons (Fsp3) is 0.222. The number of thiazole rings is 1. The molecule has 2 heterocycles. The molecule has 0 spiro atoms. The Kier molecular flexibility index (Phi) is 2.77. The molecule has 0 unspecified atom stereocenters. The summed E-state index contributed by atoms with van der Waals surface area (Å²) in [7, 11) is 0. The second-order valence-electron chi connectivity index (χ2n) is 2.88. The smallest absolute Gasteiger partial charge is 0.260 e. The Balaban J connectivity index is 2.08. The van der Waals surface area contributed by atoms with Crippen LogP contribution in [0.3, 0.4) is 0 Å². The minimum absolute atomic E-state index is 0.176. The molecule has 0 bridgehead atoms. The van der Waals surface area contributed by atoms with Crippen LogP contribution in [-0.2, 0) is 6.54 Å². The SMILES string of the molecule is CCn1cc(C(=O)Nc2nccs2)cn1. The van der Waals surface area contributed by atoms with Crippen molar-refractivity contribution in [1.29, 1.82) is 0 Å². The minimum Gasteiger partial charge on any atom is -0.298 e. The molecule has 2 aromatic heterocycles. The van der Waals surface area contributed by atoms with Crippen molar-refractivity contribution < 1.29 is 4.79 Å². The first kappa shape index (κ1) is 9.85. The van der Waals surface area contributed by atoms with E-state index >= 15 is 0 Å². The number of nitrogens with zero attached hydrogens (tertiary/aromatic N) is 3. The second-order valence-corrected chi connectivity index (χ2v) is 3.77. The predicted molar refractivity (Wildman–Crippen MR) is 58.0 cm³/mol. The minimum atomic E-state index is -0.176. The van der Waals surface area contributed by atoms with E-state index in [2.05, 4.69) is 15.4 Å². The lowest BCUT2D eigenvalue weighted by atomic mass is 10.3. The van der Waals surface area contributed by atoms with Crippen molar-refractivity contribution in [2.24, 2.45) is 0 Å². The molecule has 0 aliphatic heterocycles. The lowest BCUT2D eigenvalue weighted by molar-refractivity contribution is 0.102. The maximum absolute atomic E-state index is 11.6. The molecule has 0 saturated heterocycles. The summed E-state index contributed by atoms with van der Waals surface area (Å²) in [6.07, 6.45) is 4.91. The van der Waals surface area contributed by atoms with Crippen molar-refractivity contribution in [3.63, 3.8) is 0 Å². The second kappa shape index (κ2) is 4.22. The number of carbonyl (C=O) groups is 1. The summed E-state index contributed by atoms with van der Waals surface area (Å²) in [6.45, 7) is 2.72. The molecule has 0 fully saturated rings. The normalized spacial score (nSPS) is 10.2. The molecule has 2 rings (SSSR count). The van der Waals surface area contributed by atoms with Crippen LogP contribution < -0.4 is 5.32 Å². The number of hydrogen-bond acceptors (Lipinski definition) is 4. The van der Waals surface area contributed by atoms with Crippen LogP contribution >= 0.6 is 11.3 Å². The van der Waals surface area contributed by atoms with Gasteiger partial charge in [-0.2, -0.15) is 5.10 Å². The van der Waals surface area contributed by atoms with Crippen molar-refractivity contribution in [1.82, 2.24) is 14.8 Å². The molecule has 2 aromatic rings. The Hall–Kier alpha value is -1.69. The summed E-state index contributed by atoms with van der Waals surface area (Å²) in [5, 5.41) is 9.13. The maximum Gasteiger partial charge on any atom is 0.260 e. The topological polar surface area (TPSA) is 59.8 Å². The third-order valence-electron chi connectivity index (χ3n) is 1.87. The summed E-state index contributed by atoms with van der Waals surface area (Å²) in [5.41, 5.74) is 0.548. The van der Waals surface area contributed by atoms with Crippen molar-refractivity contribution >= 4 is 22.4 Å². The lowest BCUT2D eigenvalue weighted by Gasteiger charge is -1.97. The summed E-state index contributed by atoms with van der Waals surface area (Å²) in [6, 6.07) is 0. The maximum atomic E-state index is 11.6. The van der Waals surface area contributed by atoms with Crippen LogP contribution in [0.1, 0.15) is 17.3 Å². The van der Waals surface area contributed by atoms with E-state index in [1.807, 2.05) is 12.3 Å². The molecular weight excluding hydrogens is 212 g/mol. The van der Waals surface area contributed by atoms with Crippen LogP contribution in [0.5, 0.6) is 0 Å². The highest BCUT2D eigenvalue weighted by molar-refractivity contribution is 7.13. The van der Waals surface area contributed by atoms with E-state index in [0.29, 0.717) is 10.7 Å². The Labute approximate surface area is 90.8 Å². The molecule has 0 aromatic carbocycles. The number of amides is 1. The van der Waals surface area contributed by atoms with Crippen LogP contribution in [0.2, 0.25) is 0 Å². The molecule has 0 radical (unpaired) electrons. The number of nitrogens with one attached hydrogen (secondary N) is 1. The van der Waals surface area contributed by atoms with Crippen LogP contribution in [0.25, 0.3) is 0 Å². The highest BCUT2D eigenvalue weighted by Gasteiger charge is 2.09. The molecule has 0 aliphatic carbocycles. The number of rotatable bonds is 3. The van der Waals surface area contributed by atoms with Crippen LogP contribution in [0, 0.1) is 0 Å². The Bertz CT molecular complexity index is 448. The Morgan fingerprint density at radius 1 is 1.67 bits per heavy atom. The van der Waals surface area contributed by atoms with Gasteiger partial charge in [0.05, 0.1) is 11.8 Å². The monoisotopic (exact) mass is 222 g/mol. The van der Waals surface area contributed by atoms with Gasteiger partial charge in [-0.15, -0.1) is 11.3 Å². The first-order valence-electron chi connectivity index (χ1n) is 4.53. The predicted octanol–water partition coefficient (Wildman–Crippen LogP) is 1.61. The highest BCUT2D eigenvalue weighted by atomic mass is 32.1. The summed E-state index contributed by atoms with van der Waals surface area (Å²) >= 11 is 1.39. The van der Waals surface area contributed by atoms with Gasteiger partial charge in [0.2, 0.25) is 0 Å². The molecule has 15 heavy (non-hydrogen) atoms. The van der Waals surface area contributed by atoms with Crippen LogP contribution in [0.4, 0.5) is 5.13 Å². The number of hydrogen-bond donors (Lipinski definition) is 1. The summed E-state index contributed by atoms with van der Waals surface area (Å²) < 4.78 is 1.71. The molecule has 0 aliphatic rings. The summed E-state index contributed by atoms with van der Waals surface area (Å²) in [5.74, 6) is -0.176. The molecule has 0 atom stereocenters. The fourth-order valence-corrected chi connectivity index (χ4v) is 1.63. The average Bonchev–Trinajstić information content (AvgIpc) is 2.86. The zero-order valence-corrected chi connectivity index (χ0v) is 8.99. The van der Waals surface area contributed by atoms with Gasteiger partial charge in [0, 0.05) is 24.3 Å². The van der Waals surface area contributed by atoms with E-state index in [1.165, 1.54) is 11.3 Å². The van der Waals surface area contributed by atoms with E-state index in [1.54, 1.807) is 23.3 Å². The molecule has 0 saturated carbocycles.